The second kappa shape index (κ2) is 6.43. The van der Waals surface area contributed by atoms with Crippen LogP contribution in [0.4, 0.5) is 14.9 Å². The molecule has 0 bridgehead atoms. The van der Waals surface area contributed by atoms with Gasteiger partial charge < -0.3 is 20.2 Å². The number of aliphatic carboxylic acids is 1. The number of carbonyl (C=O) groups is 2. The Morgan fingerprint density at radius 1 is 1.19 bits per heavy atom. The van der Waals surface area contributed by atoms with Gasteiger partial charge in [0, 0.05) is 31.9 Å². The highest BCUT2D eigenvalue weighted by molar-refractivity contribution is 5.82. The lowest BCUT2D eigenvalue weighted by Crippen LogP contribution is -2.54. The molecule has 1 saturated heterocycles. The second-order valence-electron chi connectivity index (χ2n) is 4.96. The Bertz CT molecular complexity index is 513. The van der Waals surface area contributed by atoms with Gasteiger partial charge in [0.05, 0.1) is 0 Å². The van der Waals surface area contributed by atoms with Crippen LogP contribution in [0, 0.1) is 5.82 Å². The maximum atomic E-state index is 12.9. The van der Waals surface area contributed by atoms with Crippen molar-refractivity contribution in [1.29, 1.82) is 0 Å². The first-order valence-corrected chi connectivity index (χ1v) is 6.76. The van der Waals surface area contributed by atoms with E-state index in [1.54, 1.807) is 17.0 Å². The average molecular weight is 295 g/mol. The minimum atomic E-state index is -1.06. The molecule has 2 amide bonds. The molecule has 0 unspecified atom stereocenters. The van der Waals surface area contributed by atoms with E-state index in [9.17, 15) is 14.0 Å². The SMILES string of the molecule is C[C@@H](NC(=O)N1CCN(c2ccc(F)cc2)CC1)C(=O)O. The summed E-state index contributed by atoms with van der Waals surface area (Å²) < 4.78 is 12.9. The Morgan fingerprint density at radius 3 is 2.29 bits per heavy atom. The van der Waals surface area contributed by atoms with Crippen LogP contribution in [0.1, 0.15) is 6.92 Å². The number of hydrogen-bond acceptors (Lipinski definition) is 3. The van der Waals surface area contributed by atoms with Gasteiger partial charge in [-0.25, -0.2) is 9.18 Å². The standard InChI is InChI=1S/C14H18FN3O3/c1-10(13(19)20)16-14(21)18-8-6-17(7-9-18)12-4-2-11(15)3-5-12/h2-5,10H,6-9H2,1H3,(H,16,21)(H,19,20)/t10-/m1/s1. The fraction of sp³-hybridized carbons (Fsp3) is 0.429. The van der Waals surface area contributed by atoms with E-state index in [0.717, 1.165) is 5.69 Å². The van der Waals surface area contributed by atoms with Gasteiger partial charge in [-0.15, -0.1) is 0 Å². The summed E-state index contributed by atoms with van der Waals surface area (Å²) in [7, 11) is 0. The van der Waals surface area contributed by atoms with Gasteiger partial charge in [-0.05, 0) is 31.2 Å². The van der Waals surface area contributed by atoms with E-state index in [4.69, 9.17) is 5.11 Å². The molecule has 0 aliphatic carbocycles. The lowest BCUT2D eigenvalue weighted by Gasteiger charge is -2.36. The lowest BCUT2D eigenvalue weighted by atomic mass is 10.2. The zero-order chi connectivity index (χ0) is 15.4. The summed E-state index contributed by atoms with van der Waals surface area (Å²) in [5.74, 6) is -1.34. The topological polar surface area (TPSA) is 72.9 Å². The number of piperazine rings is 1. The third kappa shape index (κ3) is 3.84. The van der Waals surface area contributed by atoms with Gasteiger partial charge >= 0.3 is 12.0 Å². The Morgan fingerprint density at radius 2 is 1.76 bits per heavy atom. The summed E-state index contributed by atoms with van der Waals surface area (Å²) >= 11 is 0. The first-order valence-electron chi connectivity index (χ1n) is 6.76. The summed E-state index contributed by atoms with van der Waals surface area (Å²) in [6.07, 6.45) is 0. The maximum Gasteiger partial charge on any atom is 0.325 e. The molecule has 1 heterocycles. The van der Waals surface area contributed by atoms with E-state index in [0.29, 0.717) is 26.2 Å². The van der Waals surface area contributed by atoms with E-state index in [1.807, 2.05) is 0 Å². The zero-order valence-electron chi connectivity index (χ0n) is 11.8. The number of nitrogens with zero attached hydrogens (tertiary/aromatic N) is 2. The van der Waals surface area contributed by atoms with Crippen molar-refractivity contribution in [2.45, 2.75) is 13.0 Å². The molecule has 1 fully saturated rings. The Hall–Kier alpha value is -2.31. The van der Waals surface area contributed by atoms with E-state index in [1.165, 1.54) is 19.1 Å². The van der Waals surface area contributed by atoms with Crippen molar-refractivity contribution >= 4 is 17.7 Å². The summed E-state index contributed by atoms with van der Waals surface area (Å²) in [5.41, 5.74) is 0.912. The smallest absolute Gasteiger partial charge is 0.325 e. The van der Waals surface area contributed by atoms with E-state index in [2.05, 4.69) is 10.2 Å². The highest BCUT2D eigenvalue weighted by Crippen LogP contribution is 2.16. The Balaban J connectivity index is 1.86. The van der Waals surface area contributed by atoms with Crippen LogP contribution in [-0.4, -0.2) is 54.2 Å². The minimum absolute atomic E-state index is 0.278. The monoisotopic (exact) mass is 295 g/mol. The van der Waals surface area contributed by atoms with Gasteiger partial charge in [-0.1, -0.05) is 0 Å². The van der Waals surface area contributed by atoms with Crippen LogP contribution >= 0.6 is 0 Å². The van der Waals surface area contributed by atoms with Gasteiger partial charge in [0.2, 0.25) is 0 Å². The fourth-order valence-corrected chi connectivity index (χ4v) is 2.16. The number of carboxylic acid groups (broad SMARTS) is 1. The molecule has 0 saturated carbocycles. The number of carboxylic acids is 1. The van der Waals surface area contributed by atoms with Gasteiger partial charge in [0.15, 0.2) is 0 Å². The molecule has 114 valence electrons. The molecule has 0 aromatic heterocycles. The van der Waals surface area contributed by atoms with Gasteiger partial charge in [0.25, 0.3) is 0 Å². The highest BCUT2D eigenvalue weighted by Gasteiger charge is 2.23. The number of amides is 2. The second-order valence-corrected chi connectivity index (χ2v) is 4.96. The van der Waals surface area contributed by atoms with Crippen molar-refractivity contribution in [3.05, 3.63) is 30.1 Å². The van der Waals surface area contributed by atoms with Crippen molar-refractivity contribution < 1.29 is 19.1 Å². The quantitative estimate of drug-likeness (QED) is 0.877. The number of hydrogen-bond donors (Lipinski definition) is 2. The number of nitrogens with one attached hydrogen (secondary N) is 1. The minimum Gasteiger partial charge on any atom is -0.480 e. The molecule has 0 radical (unpaired) electrons. The number of anilines is 1. The molecule has 1 aliphatic rings. The number of urea groups is 1. The van der Waals surface area contributed by atoms with Crippen molar-refractivity contribution in [2.24, 2.45) is 0 Å². The first kappa shape index (κ1) is 15.1. The van der Waals surface area contributed by atoms with E-state index < -0.39 is 12.0 Å². The summed E-state index contributed by atoms with van der Waals surface area (Å²) in [5, 5.41) is 11.2. The van der Waals surface area contributed by atoms with Crippen LogP contribution in [-0.2, 0) is 4.79 Å². The summed E-state index contributed by atoms with van der Waals surface area (Å²) in [6.45, 7) is 3.67. The average Bonchev–Trinajstić information content (AvgIpc) is 2.48. The normalized spacial score (nSPS) is 16.5. The van der Waals surface area contributed by atoms with E-state index >= 15 is 0 Å². The van der Waals surface area contributed by atoms with Crippen LogP contribution in [0.5, 0.6) is 0 Å². The summed E-state index contributed by atoms with van der Waals surface area (Å²) in [6, 6.07) is 4.94. The molecule has 1 aliphatic heterocycles. The van der Waals surface area contributed by atoms with Gasteiger partial charge in [-0.3, -0.25) is 4.79 Å². The zero-order valence-corrected chi connectivity index (χ0v) is 11.8. The number of rotatable bonds is 3. The number of carbonyl (C=O) groups excluding carboxylic acids is 1. The number of benzene rings is 1. The molecule has 1 aromatic rings. The molecule has 6 nitrogen and oxygen atoms in total. The van der Waals surface area contributed by atoms with Crippen molar-refractivity contribution in [2.75, 3.05) is 31.1 Å². The predicted octanol–water partition coefficient (Wildman–Crippen LogP) is 1.13. The molecular formula is C14H18FN3O3. The fourth-order valence-electron chi connectivity index (χ4n) is 2.16. The van der Waals surface area contributed by atoms with E-state index in [-0.39, 0.29) is 11.8 Å². The van der Waals surface area contributed by atoms with Crippen molar-refractivity contribution in [1.82, 2.24) is 10.2 Å². The molecule has 1 atom stereocenters. The molecule has 1 aromatic carbocycles. The maximum absolute atomic E-state index is 12.9. The lowest BCUT2D eigenvalue weighted by molar-refractivity contribution is -0.138. The van der Waals surface area contributed by atoms with Crippen molar-refractivity contribution in [3.63, 3.8) is 0 Å². The van der Waals surface area contributed by atoms with Gasteiger partial charge in [-0.2, -0.15) is 0 Å². The largest absolute Gasteiger partial charge is 0.480 e. The molecule has 2 rings (SSSR count). The Kier molecular flexibility index (Phi) is 4.62. The molecule has 2 N–H and O–H groups in total. The molecule has 0 spiro atoms. The number of halogens is 1. The third-order valence-corrected chi connectivity index (χ3v) is 3.47. The van der Waals surface area contributed by atoms with Gasteiger partial charge in [0.1, 0.15) is 11.9 Å². The van der Waals surface area contributed by atoms with Crippen LogP contribution in [0.25, 0.3) is 0 Å². The van der Waals surface area contributed by atoms with Crippen LogP contribution in [0.15, 0.2) is 24.3 Å². The van der Waals surface area contributed by atoms with Crippen LogP contribution in [0.3, 0.4) is 0 Å². The first-order chi connectivity index (χ1) is 9.97. The molecular weight excluding hydrogens is 277 g/mol. The third-order valence-electron chi connectivity index (χ3n) is 3.47. The Labute approximate surface area is 122 Å². The van der Waals surface area contributed by atoms with Crippen molar-refractivity contribution in [3.8, 4) is 0 Å². The molecule has 7 heteroatoms. The molecule has 21 heavy (non-hydrogen) atoms. The van der Waals surface area contributed by atoms with Crippen LogP contribution in [0.2, 0.25) is 0 Å². The van der Waals surface area contributed by atoms with Crippen LogP contribution < -0.4 is 10.2 Å². The highest BCUT2D eigenvalue weighted by atomic mass is 19.1. The predicted molar refractivity (Wildman–Crippen MR) is 75.8 cm³/mol. The summed E-state index contributed by atoms with van der Waals surface area (Å²) in [4.78, 5) is 26.2.